The van der Waals surface area contributed by atoms with Gasteiger partial charge in [-0.3, -0.25) is 9.59 Å². The number of aromatic nitrogens is 1. The zero-order valence-corrected chi connectivity index (χ0v) is 16.8. The van der Waals surface area contributed by atoms with Crippen molar-refractivity contribution < 1.29 is 19.4 Å². The summed E-state index contributed by atoms with van der Waals surface area (Å²) in [6, 6.07) is 13.6. The molecule has 0 bridgehead atoms. The number of amides is 1. The molecule has 2 aromatic carbocycles. The third kappa shape index (κ3) is 3.72. The van der Waals surface area contributed by atoms with Crippen molar-refractivity contribution in [3.63, 3.8) is 0 Å². The monoisotopic (exact) mass is 402 g/mol. The lowest BCUT2D eigenvalue weighted by Gasteiger charge is -2.07. The Labute approximate surface area is 174 Å². The minimum atomic E-state index is -0.844. The fourth-order valence-corrected chi connectivity index (χ4v) is 3.73. The third-order valence-corrected chi connectivity index (χ3v) is 5.33. The zero-order valence-electron chi connectivity index (χ0n) is 16.8. The molecule has 0 spiro atoms. The quantitative estimate of drug-likeness (QED) is 0.529. The molecule has 152 valence electrons. The van der Waals surface area contributed by atoms with Gasteiger partial charge in [0.05, 0.1) is 12.7 Å². The normalized spacial score (nSPS) is 13.9. The number of benzene rings is 2. The summed E-state index contributed by atoms with van der Waals surface area (Å²) in [7, 11) is 1.63. The SMILES string of the molecule is COc1cccc(-c2ccc3c(c2)NC(=O)/C3=C/c2[nH]cc(C)c2CCC(=O)O)c1. The molecule has 4 rings (SSSR count). The molecule has 0 fully saturated rings. The van der Waals surface area contributed by atoms with E-state index in [0.717, 1.165) is 44.9 Å². The summed E-state index contributed by atoms with van der Waals surface area (Å²) < 4.78 is 5.30. The van der Waals surface area contributed by atoms with E-state index in [4.69, 9.17) is 9.84 Å². The van der Waals surface area contributed by atoms with Gasteiger partial charge in [-0.1, -0.05) is 24.3 Å². The summed E-state index contributed by atoms with van der Waals surface area (Å²) in [5.74, 6) is -0.249. The Kier molecular flexibility index (Phi) is 5.14. The van der Waals surface area contributed by atoms with Crippen molar-refractivity contribution in [1.29, 1.82) is 0 Å². The lowest BCUT2D eigenvalue weighted by atomic mass is 9.98. The fourth-order valence-electron chi connectivity index (χ4n) is 3.73. The fraction of sp³-hybridized carbons (Fsp3) is 0.167. The van der Waals surface area contributed by atoms with E-state index in [1.165, 1.54) is 0 Å². The Morgan fingerprint density at radius 2 is 1.97 bits per heavy atom. The molecule has 6 heteroatoms. The summed E-state index contributed by atoms with van der Waals surface area (Å²) in [6.45, 7) is 1.93. The molecule has 1 amide bonds. The lowest BCUT2D eigenvalue weighted by molar-refractivity contribution is -0.137. The third-order valence-electron chi connectivity index (χ3n) is 5.33. The number of carbonyl (C=O) groups excluding carboxylic acids is 1. The summed E-state index contributed by atoms with van der Waals surface area (Å²) in [6.07, 6.45) is 4.09. The number of carboxylic acid groups (broad SMARTS) is 1. The summed E-state index contributed by atoms with van der Waals surface area (Å²) in [5, 5.41) is 11.9. The highest BCUT2D eigenvalue weighted by Crippen LogP contribution is 2.37. The number of aromatic amines is 1. The van der Waals surface area contributed by atoms with Gasteiger partial charge in [0, 0.05) is 29.6 Å². The predicted molar refractivity (Wildman–Crippen MR) is 116 cm³/mol. The molecule has 0 atom stereocenters. The zero-order chi connectivity index (χ0) is 21.3. The number of carboxylic acids is 1. The number of hydrogen-bond acceptors (Lipinski definition) is 3. The van der Waals surface area contributed by atoms with Gasteiger partial charge in [-0.2, -0.15) is 0 Å². The van der Waals surface area contributed by atoms with E-state index in [0.29, 0.717) is 12.0 Å². The van der Waals surface area contributed by atoms with Gasteiger partial charge in [0.15, 0.2) is 0 Å². The van der Waals surface area contributed by atoms with Gasteiger partial charge in [0.25, 0.3) is 5.91 Å². The van der Waals surface area contributed by atoms with E-state index in [1.54, 1.807) is 13.2 Å². The summed E-state index contributed by atoms with van der Waals surface area (Å²) in [4.78, 5) is 26.8. The molecule has 0 aliphatic carbocycles. The van der Waals surface area contributed by atoms with E-state index in [1.807, 2.05) is 55.6 Å². The van der Waals surface area contributed by atoms with Gasteiger partial charge in [0.2, 0.25) is 0 Å². The van der Waals surface area contributed by atoms with Gasteiger partial charge in [0.1, 0.15) is 5.75 Å². The Morgan fingerprint density at radius 3 is 2.73 bits per heavy atom. The van der Waals surface area contributed by atoms with Gasteiger partial charge in [-0.15, -0.1) is 0 Å². The number of fused-ring (bicyclic) bond motifs is 1. The number of aryl methyl sites for hydroxylation is 1. The van der Waals surface area contributed by atoms with E-state index in [9.17, 15) is 9.59 Å². The van der Waals surface area contributed by atoms with Crippen LogP contribution < -0.4 is 10.1 Å². The lowest BCUT2D eigenvalue weighted by Crippen LogP contribution is -2.04. The van der Waals surface area contributed by atoms with Crippen LogP contribution in [0, 0.1) is 6.92 Å². The highest BCUT2D eigenvalue weighted by molar-refractivity contribution is 6.35. The minimum absolute atomic E-state index is 0.0432. The molecular weight excluding hydrogens is 380 g/mol. The van der Waals surface area contributed by atoms with Crippen LogP contribution >= 0.6 is 0 Å². The molecule has 0 saturated carbocycles. The standard InChI is InChI=1S/C24H22N2O4/c1-14-13-25-21(18(14)8-9-23(27)28)12-20-19-7-6-16(11-22(19)26-24(20)29)15-4-3-5-17(10-15)30-2/h3-7,10-13,25H,8-9H2,1-2H3,(H,26,29)(H,27,28)/b20-12+. The molecule has 3 N–H and O–H groups in total. The van der Waals surface area contributed by atoms with E-state index in [2.05, 4.69) is 10.3 Å². The molecule has 0 saturated heterocycles. The van der Waals surface area contributed by atoms with Crippen molar-refractivity contribution in [1.82, 2.24) is 4.98 Å². The number of methoxy groups -OCH3 is 1. The minimum Gasteiger partial charge on any atom is -0.497 e. The van der Waals surface area contributed by atoms with Crippen molar-refractivity contribution in [2.45, 2.75) is 19.8 Å². The molecule has 3 aromatic rings. The van der Waals surface area contributed by atoms with Gasteiger partial charge < -0.3 is 20.1 Å². The van der Waals surface area contributed by atoms with Crippen LogP contribution in [0.2, 0.25) is 0 Å². The molecule has 0 unspecified atom stereocenters. The second-order valence-electron chi connectivity index (χ2n) is 7.26. The van der Waals surface area contributed by atoms with Crippen molar-refractivity contribution in [2.24, 2.45) is 0 Å². The van der Waals surface area contributed by atoms with Crippen LogP contribution in [0.5, 0.6) is 5.75 Å². The van der Waals surface area contributed by atoms with Crippen LogP contribution in [0.4, 0.5) is 5.69 Å². The Hall–Kier alpha value is -3.80. The number of ether oxygens (including phenoxy) is 1. The first-order valence-corrected chi connectivity index (χ1v) is 9.67. The van der Waals surface area contributed by atoms with Crippen molar-refractivity contribution in [3.05, 3.63) is 71.0 Å². The second-order valence-corrected chi connectivity index (χ2v) is 7.26. The Morgan fingerprint density at radius 1 is 1.17 bits per heavy atom. The van der Waals surface area contributed by atoms with Crippen molar-refractivity contribution in [3.8, 4) is 16.9 Å². The van der Waals surface area contributed by atoms with Gasteiger partial charge in [-0.25, -0.2) is 0 Å². The Balaban J connectivity index is 1.69. The van der Waals surface area contributed by atoms with Crippen LogP contribution in [0.15, 0.2) is 48.7 Å². The molecule has 1 aliphatic rings. The first kappa shape index (κ1) is 19.5. The molecule has 0 radical (unpaired) electrons. The van der Waals surface area contributed by atoms with E-state index < -0.39 is 5.97 Å². The van der Waals surface area contributed by atoms with E-state index >= 15 is 0 Å². The van der Waals surface area contributed by atoms with Crippen LogP contribution in [-0.4, -0.2) is 29.1 Å². The van der Waals surface area contributed by atoms with Crippen LogP contribution in [-0.2, 0) is 16.0 Å². The molecular formula is C24H22N2O4. The Bertz CT molecular complexity index is 1170. The van der Waals surface area contributed by atoms with Crippen LogP contribution in [0.25, 0.3) is 22.8 Å². The maximum Gasteiger partial charge on any atom is 0.303 e. The number of rotatable bonds is 6. The van der Waals surface area contributed by atoms with Crippen molar-refractivity contribution >= 4 is 29.2 Å². The topological polar surface area (TPSA) is 91.4 Å². The number of carbonyl (C=O) groups is 2. The molecule has 1 aromatic heterocycles. The maximum absolute atomic E-state index is 12.7. The predicted octanol–water partition coefficient (Wildman–Crippen LogP) is 4.51. The molecule has 6 nitrogen and oxygen atoms in total. The average molecular weight is 402 g/mol. The van der Waals surface area contributed by atoms with Crippen LogP contribution in [0.1, 0.15) is 28.8 Å². The highest BCUT2D eigenvalue weighted by Gasteiger charge is 2.25. The van der Waals surface area contributed by atoms with Crippen molar-refractivity contribution in [2.75, 3.05) is 12.4 Å². The smallest absolute Gasteiger partial charge is 0.303 e. The maximum atomic E-state index is 12.7. The summed E-state index contributed by atoms with van der Waals surface area (Å²) in [5.41, 5.74) is 6.77. The number of anilines is 1. The molecule has 2 heterocycles. The van der Waals surface area contributed by atoms with Crippen LogP contribution in [0.3, 0.4) is 0 Å². The van der Waals surface area contributed by atoms with Gasteiger partial charge in [-0.05, 0) is 59.9 Å². The largest absolute Gasteiger partial charge is 0.497 e. The van der Waals surface area contributed by atoms with E-state index in [-0.39, 0.29) is 12.3 Å². The first-order chi connectivity index (χ1) is 14.5. The first-order valence-electron chi connectivity index (χ1n) is 9.67. The number of hydrogen-bond donors (Lipinski definition) is 3. The summed E-state index contributed by atoms with van der Waals surface area (Å²) >= 11 is 0. The second kappa shape index (κ2) is 7.91. The molecule has 1 aliphatic heterocycles. The molecule has 30 heavy (non-hydrogen) atoms. The van der Waals surface area contributed by atoms with Gasteiger partial charge >= 0.3 is 5.97 Å². The highest BCUT2D eigenvalue weighted by atomic mass is 16.5. The number of H-pyrrole nitrogens is 1. The average Bonchev–Trinajstić information content (AvgIpc) is 3.25. The number of aliphatic carboxylic acids is 1. The number of nitrogens with one attached hydrogen (secondary N) is 2.